The topological polar surface area (TPSA) is 107 Å². The number of rotatable bonds is 4. The van der Waals surface area contributed by atoms with Gasteiger partial charge in [-0.25, -0.2) is 0 Å². The Morgan fingerprint density at radius 3 is 2.46 bits per heavy atom. The lowest BCUT2D eigenvalue weighted by atomic mass is 9.90. The van der Waals surface area contributed by atoms with Crippen LogP contribution >= 0.6 is 0 Å². The van der Waals surface area contributed by atoms with Crippen LogP contribution in [-0.4, -0.2) is 24.8 Å². The number of hydrogen-bond acceptors (Lipinski definition) is 5. The normalized spacial score (nSPS) is 17.0. The molecule has 0 N–H and O–H groups in total. The van der Waals surface area contributed by atoms with Gasteiger partial charge in [0, 0.05) is 12.1 Å². The van der Waals surface area contributed by atoms with Crippen molar-refractivity contribution in [2.75, 3.05) is 0 Å². The van der Waals surface area contributed by atoms with Crippen LogP contribution in [0.5, 0.6) is 0 Å². The molecule has 0 aliphatic heterocycles. The van der Waals surface area contributed by atoms with Crippen LogP contribution in [0.1, 0.15) is 20.8 Å². The maximum Gasteiger partial charge on any atom is 0.283 e. The Bertz CT molecular complexity index is 908. The Morgan fingerprint density at radius 1 is 1.21 bits per heavy atom. The van der Waals surface area contributed by atoms with Crippen molar-refractivity contribution in [1.29, 1.82) is 0 Å². The average Bonchev–Trinajstić information content (AvgIpc) is 2.50. The maximum absolute atomic E-state index is 12.5. The number of carbonyl (C=O) groups is 1. The summed E-state index contributed by atoms with van der Waals surface area (Å²) in [6.07, 6.45) is 2.80. The molecule has 1 aromatic carbocycles. The highest BCUT2D eigenvalue weighted by atomic mass is 32.2. The van der Waals surface area contributed by atoms with E-state index in [1.54, 1.807) is 6.92 Å². The van der Waals surface area contributed by atoms with E-state index in [9.17, 15) is 23.3 Å². The van der Waals surface area contributed by atoms with Crippen LogP contribution in [0.4, 0.5) is 5.69 Å². The zero-order valence-corrected chi connectivity index (χ0v) is 14.2. The monoisotopic (exact) mass is 348 g/mol. The first-order chi connectivity index (χ1) is 11.1. The molecule has 0 atom stereocenters. The van der Waals surface area contributed by atoms with Crippen molar-refractivity contribution in [2.45, 2.75) is 25.7 Å². The lowest BCUT2D eigenvalue weighted by Crippen LogP contribution is -2.17. The lowest BCUT2D eigenvalue weighted by Gasteiger charge is -2.16. The summed E-state index contributed by atoms with van der Waals surface area (Å²) in [4.78, 5) is 21.7. The van der Waals surface area contributed by atoms with Gasteiger partial charge in [-0.2, -0.15) is 12.8 Å². The molecule has 2 rings (SSSR count). The predicted molar refractivity (Wildman–Crippen MR) is 89.4 cm³/mol. The zero-order valence-electron chi connectivity index (χ0n) is 13.4. The standard InChI is InChI=1S/C16H16N2O5S/c1-10(2)14-9-16(19)11(3)7-15(14)17-24(22,23)13-6-4-5-12(8-13)18(20)21/h4-10H,1-3H3/b17-15+. The molecular weight excluding hydrogens is 332 g/mol. The number of nitro groups is 1. The van der Waals surface area contributed by atoms with Crippen LogP contribution in [0.15, 0.2) is 56.9 Å². The largest absolute Gasteiger partial charge is 0.290 e. The summed E-state index contributed by atoms with van der Waals surface area (Å²) in [6, 6.07) is 4.70. The molecule has 0 fully saturated rings. The molecule has 0 amide bonds. The van der Waals surface area contributed by atoms with Gasteiger partial charge in [0.2, 0.25) is 0 Å². The summed E-state index contributed by atoms with van der Waals surface area (Å²) >= 11 is 0. The Hall–Kier alpha value is -2.61. The van der Waals surface area contributed by atoms with Gasteiger partial charge in [-0.3, -0.25) is 14.9 Å². The van der Waals surface area contributed by atoms with E-state index in [1.807, 2.05) is 13.8 Å². The molecule has 0 saturated carbocycles. The van der Waals surface area contributed by atoms with Crippen LogP contribution in [0.3, 0.4) is 0 Å². The fraction of sp³-hybridized carbons (Fsp3) is 0.250. The minimum absolute atomic E-state index is 0.0997. The van der Waals surface area contributed by atoms with Crippen molar-refractivity contribution in [2.24, 2.45) is 10.3 Å². The van der Waals surface area contributed by atoms with Gasteiger partial charge in [0.25, 0.3) is 15.7 Å². The molecule has 7 nitrogen and oxygen atoms in total. The molecule has 0 spiro atoms. The zero-order chi connectivity index (χ0) is 18.1. The SMILES string of the molecule is CC1=C/C(=N\S(=O)(=O)c2cccc([N+](=O)[O-])c2)C(C(C)C)=CC1=O. The third-order valence-electron chi connectivity index (χ3n) is 3.49. The van der Waals surface area contributed by atoms with Gasteiger partial charge >= 0.3 is 0 Å². The van der Waals surface area contributed by atoms with Crippen LogP contribution < -0.4 is 0 Å². The Balaban J connectivity index is 2.55. The van der Waals surface area contributed by atoms with Crippen molar-refractivity contribution in [3.05, 3.63) is 57.7 Å². The molecule has 1 aliphatic carbocycles. The third kappa shape index (κ3) is 3.65. The van der Waals surface area contributed by atoms with Crippen LogP contribution in [0.25, 0.3) is 0 Å². The highest BCUT2D eigenvalue weighted by Crippen LogP contribution is 2.24. The number of hydrogen-bond donors (Lipinski definition) is 0. The Morgan fingerprint density at radius 2 is 1.88 bits per heavy atom. The number of ketones is 1. The van der Waals surface area contributed by atoms with Gasteiger partial charge in [0.1, 0.15) is 0 Å². The summed E-state index contributed by atoms with van der Waals surface area (Å²) in [7, 11) is -4.14. The highest BCUT2D eigenvalue weighted by molar-refractivity contribution is 7.90. The van der Waals surface area contributed by atoms with E-state index in [0.717, 1.165) is 6.07 Å². The number of sulfonamides is 1. The Kier molecular flexibility index (Phi) is 4.79. The minimum Gasteiger partial charge on any atom is -0.290 e. The quantitative estimate of drug-likeness (QED) is 0.472. The summed E-state index contributed by atoms with van der Waals surface area (Å²) in [5.41, 5.74) is 0.738. The first-order valence-electron chi connectivity index (χ1n) is 7.16. The van der Waals surface area contributed by atoms with Crippen LogP contribution in [0.2, 0.25) is 0 Å². The second-order valence-electron chi connectivity index (χ2n) is 5.65. The van der Waals surface area contributed by atoms with Gasteiger partial charge in [0.15, 0.2) is 5.78 Å². The van der Waals surface area contributed by atoms with E-state index in [4.69, 9.17) is 0 Å². The molecule has 24 heavy (non-hydrogen) atoms. The van der Waals surface area contributed by atoms with Crippen molar-refractivity contribution in [3.8, 4) is 0 Å². The molecule has 0 heterocycles. The van der Waals surface area contributed by atoms with E-state index in [2.05, 4.69) is 4.40 Å². The molecule has 0 saturated heterocycles. The molecule has 0 aromatic heterocycles. The van der Waals surface area contributed by atoms with E-state index in [-0.39, 0.29) is 28.0 Å². The fourth-order valence-electron chi connectivity index (χ4n) is 2.17. The van der Waals surface area contributed by atoms with Crippen molar-refractivity contribution >= 4 is 27.2 Å². The number of nitrogens with zero attached hydrogens (tertiary/aromatic N) is 2. The van der Waals surface area contributed by atoms with Gasteiger partial charge in [-0.15, -0.1) is 0 Å². The first-order valence-corrected chi connectivity index (χ1v) is 8.60. The van der Waals surface area contributed by atoms with Gasteiger partial charge in [-0.05, 0) is 42.2 Å². The molecular formula is C16H16N2O5S. The third-order valence-corrected chi connectivity index (χ3v) is 4.78. The van der Waals surface area contributed by atoms with Crippen molar-refractivity contribution < 1.29 is 18.1 Å². The van der Waals surface area contributed by atoms with Gasteiger partial charge in [-0.1, -0.05) is 19.9 Å². The second kappa shape index (κ2) is 6.48. The molecule has 0 radical (unpaired) electrons. The second-order valence-corrected chi connectivity index (χ2v) is 7.26. The van der Waals surface area contributed by atoms with Crippen LogP contribution in [0, 0.1) is 16.0 Å². The number of nitro benzene ring substituents is 1. The average molecular weight is 348 g/mol. The Labute approximate surface area is 139 Å². The lowest BCUT2D eigenvalue weighted by molar-refractivity contribution is -0.385. The van der Waals surface area contributed by atoms with E-state index < -0.39 is 14.9 Å². The minimum atomic E-state index is -4.14. The van der Waals surface area contributed by atoms with E-state index in [1.165, 1.54) is 30.4 Å². The maximum atomic E-state index is 12.5. The van der Waals surface area contributed by atoms with E-state index >= 15 is 0 Å². The van der Waals surface area contributed by atoms with E-state index in [0.29, 0.717) is 11.1 Å². The summed E-state index contributed by atoms with van der Waals surface area (Å²) in [5, 5.41) is 10.8. The summed E-state index contributed by atoms with van der Waals surface area (Å²) in [6.45, 7) is 5.22. The predicted octanol–water partition coefficient (Wildman–Crippen LogP) is 2.84. The van der Waals surface area contributed by atoms with Gasteiger partial charge in [0.05, 0.1) is 15.5 Å². The summed E-state index contributed by atoms with van der Waals surface area (Å²) in [5.74, 6) is -0.289. The van der Waals surface area contributed by atoms with Crippen molar-refractivity contribution in [1.82, 2.24) is 0 Å². The number of allylic oxidation sites excluding steroid dienone is 4. The summed E-state index contributed by atoms with van der Waals surface area (Å²) < 4.78 is 28.8. The number of carbonyl (C=O) groups excluding carboxylic acids is 1. The smallest absolute Gasteiger partial charge is 0.283 e. The first kappa shape index (κ1) is 17.7. The molecule has 1 aliphatic rings. The molecule has 0 unspecified atom stereocenters. The van der Waals surface area contributed by atoms with Crippen molar-refractivity contribution in [3.63, 3.8) is 0 Å². The molecule has 126 valence electrons. The molecule has 8 heteroatoms. The van der Waals surface area contributed by atoms with Gasteiger partial charge < -0.3 is 0 Å². The highest BCUT2D eigenvalue weighted by Gasteiger charge is 2.23. The molecule has 0 bridgehead atoms. The number of benzene rings is 1. The number of non-ortho nitro benzene ring substituents is 1. The molecule has 1 aromatic rings. The van der Waals surface area contributed by atoms with Crippen LogP contribution in [-0.2, 0) is 14.8 Å². The fourth-order valence-corrected chi connectivity index (χ4v) is 3.21.